The fourth-order valence-corrected chi connectivity index (χ4v) is 4.26. The van der Waals surface area contributed by atoms with Gasteiger partial charge in [-0.1, -0.05) is 29.2 Å². The molecule has 9 nitrogen and oxygen atoms in total. The maximum atomic E-state index is 12.1. The van der Waals surface area contributed by atoms with E-state index in [0.29, 0.717) is 26.1 Å². The number of hydrogen-bond acceptors (Lipinski definition) is 10. The molecule has 1 aromatic carbocycles. The molecule has 0 aliphatic heterocycles. The summed E-state index contributed by atoms with van der Waals surface area (Å²) in [6.07, 6.45) is 4.65. The van der Waals surface area contributed by atoms with Gasteiger partial charge in [-0.25, -0.2) is 4.98 Å². The summed E-state index contributed by atoms with van der Waals surface area (Å²) in [6, 6.07) is 5.33. The van der Waals surface area contributed by atoms with E-state index in [2.05, 4.69) is 25.8 Å². The van der Waals surface area contributed by atoms with Crippen molar-refractivity contribution in [3.05, 3.63) is 41.4 Å². The lowest BCUT2D eigenvalue weighted by molar-refractivity contribution is -0.114. The van der Waals surface area contributed by atoms with Gasteiger partial charge in [0, 0.05) is 17.7 Å². The van der Waals surface area contributed by atoms with E-state index >= 15 is 0 Å². The van der Waals surface area contributed by atoms with E-state index in [0.717, 1.165) is 5.56 Å². The van der Waals surface area contributed by atoms with Crippen LogP contribution in [0, 0.1) is 0 Å². The molecule has 0 saturated carbocycles. The molecule has 0 radical (unpaired) electrons. The number of carbonyl (C=O) groups excluding carboxylic acids is 2. The lowest BCUT2D eigenvalue weighted by atomic mass is 10.2. The van der Waals surface area contributed by atoms with Crippen molar-refractivity contribution in [3.8, 4) is 11.5 Å². The molecule has 2 aromatic heterocycles. The van der Waals surface area contributed by atoms with E-state index in [1.54, 1.807) is 44.0 Å². The van der Waals surface area contributed by atoms with E-state index in [1.165, 1.54) is 40.5 Å². The van der Waals surface area contributed by atoms with Gasteiger partial charge in [-0.3, -0.25) is 14.9 Å². The summed E-state index contributed by atoms with van der Waals surface area (Å²) in [5, 5.41) is 15.9. The van der Waals surface area contributed by atoms with Crippen LogP contribution in [0.2, 0.25) is 0 Å². The molecule has 0 aliphatic carbocycles. The van der Waals surface area contributed by atoms with Gasteiger partial charge in [0.1, 0.15) is 0 Å². The van der Waals surface area contributed by atoms with Crippen molar-refractivity contribution >= 4 is 62.6 Å². The summed E-state index contributed by atoms with van der Waals surface area (Å²) >= 11 is 3.77. The minimum Gasteiger partial charge on any atom is -0.493 e. The van der Waals surface area contributed by atoms with Crippen LogP contribution >= 0.6 is 34.4 Å². The summed E-state index contributed by atoms with van der Waals surface area (Å²) in [7, 11) is 3.11. The molecule has 0 atom stereocenters. The highest BCUT2D eigenvalue weighted by Gasteiger charge is 2.10. The molecule has 0 aliphatic rings. The zero-order chi connectivity index (χ0) is 21.3. The predicted octanol–water partition coefficient (Wildman–Crippen LogP) is 3.39. The fraction of sp³-hybridized carbons (Fsp3) is 0.167. The van der Waals surface area contributed by atoms with Gasteiger partial charge >= 0.3 is 0 Å². The van der Waals surface area contributed by atoms with Crippen LogP contribution in [0.1, 0.15) is 5.56 Å². The molecule has 0 bridgehead atoms. The van der Waals surface area contributed by atoms with E-state index in [1.807, 2.05) is 6.07 Å². The van der Waals surface area contributed by atoms with Crippen molar-refractivity contribution in [3.63, 3.8) is 0 Å². The minimum atomic E-state index is -0.348. The number of aromatic nitrogens is 3. The Bertz CT molecular complexity index is 1040. The number of amides is 2. The van der Waals surface area contributed by atoms with Crippen LogP contribution in [-0.4, -0.2) is 47.0 Å². The van der Waals surface area contributed by atoms with E-state index in [9.17, 15) is 9.59 Å². The average Bonchev–Trinajstić information content (AvgIpc) is 3.42. The SMILES string of the molecule is COc1ccc(/C=C/C(=O)Nc2nnc(SCC(=O)Nc3nccs3)s2)cc1OC. The van der Waals surface area contributed by atoms with Crippen LogP contribution in [0.5, 0.6) is 11.5 Å². The molecule has 12 heteroatoms. The highest BCUT2D eigenvalue weighted by molar-refractivity contribution is 8.01. The molecule has 2 N–H and O–H groups in total. The number of thioether (sulfide) groups is 1. The summed E-state index contributed by atoms with van der Waals surface area (Å²) < 4.78 is 11.0. The number of benzene rings is 1. The van der Waals surface area contributed by atoms with Gasteiger partial charge in [-0.2, -0.15) is 0 Å². The number of methoxy groups -OCH3 is 2. The Balaban J connectivity index is 1.49. The normalized spacial score (nSPS) is 10.7. The van der Waals surface area contributed by atoms with Crippen LogP contribution in [0.15, 0.2) is 40.2 Å². The summed E-state index contributed by atoms with van der Waals surface area (Å²) in [5.41, 5.74) is 0.780. The van der Waals surface area contributed by atoms with Crippen LogP contribution in [-0.2, 0) is 9.59 Å². The molecule has 2 heterocycles. The van der Waals surface area contributed by atoms with Crippen LogP contribution in [0.25, 0.3) is 6.08 Å². The third-order valence-corrected chi connectivity index (χ3v) is 6.14. The van der Waals surface area contributed by atoms with Gasteiger partial charge in [0.25, 0.3) is 0 Å². The van der Waals surface area contributed by atoms with Crippen molar-refractivity contribution < 1.29 is 19.1 Å². The first kappa shape index (κ1) is 21.7. The monoisotopic (exact) mass is 463 g/mol. The lowest BCUT2D eigenvalue weighted by Gasteiger charge is -2.07. The van der Waals surface area contributed by atoms with Gasteiger partial charge in [-0.05, 0) is 23.8 Å². The Kier molecular flexibility index (Phi) is 7.76. The first-order valence-electron chi connectivity index (χ1n) is 8.44. The van der Waals surface area contributed by atoms with Crippen molar-refractivity contribution in [2.24, 2.45) is 0 Å². The zero-order valence-electron chi connectivity index (χ0n) is 15.9. The Morgan fingerprint density at radius 3 is 2.70 bits per heavy atom. The number of thiazole rings is 1. The molecule has 156 valence electrons. The second kappa shape index (κ2) is 10.7. The van der Waals surface area contributed by atoms with Crippen LogP contribution in [0.3, 0.4) is 0 Å². The van der Waals surface area contributed by atoms with Gasteiger partial charge < -0.3 is 14.8 Å². The molecule has 0 spiro atoms. The molecular formula is C18H17N5O4S3. The molecule has 0 unspecified atom stereocenters. The number of anilines is 2. The highest BCUT2D eigenvalue weighted by Crippen LogP contribution is 2.28. The third-order valence-electron chi connectivity index (χ3n) is 3.48. The van der Waals surface area contributed by atoms with Gasteiger partial charge in [-0.15, -0.1) is 21.5 Å². The quantitative estimate of drug-likeness (QED) is 0.282. The highest BCUT2D eigenvalue weighted by atomic mass is 32.2. The molecule has 0 fully saturated rings. The first-order valence-corrected chi connectivity index (χ1v) is 11.1. The standard InChI is InChI=1S/C18H17N5O4S3/c1-26-12-5-3-11(9-13(12)27-2)4-6-14(24)20-17-22-23-18(30-17)29-10-15(25)21-16-19-7-8-28-16/h3-9H,10H2,1-2H3,(H,19,21,25)(H,20,22,24)/b6-4+. The summed E-state index contributed by atoms with van der Waals surface area (Å²) in [5.74, 6) is 0.817. The lowest BCUT2D eigenvalue weighted by Crippen LogP contribution is -2.13. The van der Waals surface area contributed by atoms with Gasteiger partial charge in [0.05, 0.1) is 20.0 Å². The number of hydrogen-bond donors (Lipinski definition) is 2. The van der Waals surface area contributed by atoms with Crippen molar-refractivity contribution in [1.82, 2.24) is 15.2 Å². The van der Waals surface area contributed by atoms with E-state index in [4.69, 9.17) is 9.47 Å². The smallest absolute Gasteiger partial charge is 0.250 e. The topological polar surface area (TPSA) is 115 Å². The minimum absolute atomic E-state index is 0.168. The number of nitrogens with one attached hydrogen (secondary N) is 2. The number of nitrogens with zero attached hydrogens (tertiary/aromatic N) is 3. The second-order valence-electron chi connectivity index (χ2n) is 5.48. The predicted molar refractivity (Wildman–Crippen MR) is 119 cm³/mol. The Morgan fingerprint density at radius 1 is 1.13 bits per heavy atom. The second-order valence-corrected chi connectivity index (χ2v) is 8.58. The van der Waals surface area contributed by atoms with Crippen LogP contribution in [0.4, 0.5) is 10.3 Å². The van der Waals surface area contributed by atoms with Gasteiger partial charge in [0.2, 0.25) is 16.9 Å². The number of rotatable bonds is 9. The maximum absolute atomic E-state index is 12.1. The number of ether oxygens (including phenoxy) is 2. The maximum Gasteiger partial charge on any atom is 0.250 e. The zero-order valence-corrected chi connectivity index (χ0v) is 18.4. The molecule has 0 saturated heterocycles. The molecule has 2 amide bonds. The Hall–Kier alpha value is -2.96. The molecular weight excluding hydrogens is 446 g/mol. The molecule has 30 heavy (non-hydrogen) atoms. The van der Waals surface area contributed by atoms with Crippen LogP contribution < -0.4 is 20.1 Å². The third kappa shape index (κ3) is 6.27. The Labute approximate surface area is 184 Å². The van der Waals surface area contributed by atoms with Crippen molar-refractivity contribution in [2.45, 2.75) is 4.34 Å². The Morgan fingerprint density at radius 2 is 1.97 bits per heavy atom. The molecule has 3 rings (SSSR count). The molecule has 3 aromatic rings. The largest absolute Gasteiger partial charge is 0.493 e. The van der Waals surface area contributed by atoms with Crippen molar-refractivity contribution in [2.75, 3.05) is 30.6 Å². The van der Waals surface area contributed by atoms with Crippen molar-refractivity contribution in [1.29, 1.82) is 0 Å². The first-order chi connectivity index (χ1) is 14.6. The summed E-state index contributed by atoms with van der Waals surface area (Å²) in [6.45, 7) is 0. The fourth-order valence-electron chi connectivity index (χ4n) is 2.16. The van der Waals surface area contributed by atoms with Gasteiger partial charge in [0.15, 0.2) is 21.0 Å². The number of carbonyl (C=O) groups is 2. The average molecular weight is 464 g/mol. The van der Waals surface area contributed by atoms with E-state index in [-0.39, 0.29) is 17.6 Å². The summed E-state index contributed by atoms with van der Waals surface area (Å²) in [4.78, 5) is 28.0. The van der Waals surface area contributed by atoms with E-state index < -0.39 is 0 Å².